The molecule has 0 atom stereocenters. The molecular formula is C31H33N7O3. The predicted molar refractivity (Wildman–Crippen MR) is 154 cm³/mol. The van der Waals surface area contributed by atoms with Crippen LogP contribution >= 0.6 is 0 Å². The predicted octanol–water partition coefficient (Wildman–Crippen LogP) is 4.04. The molecule has 2 aliphatic carbocycles. The molecule has 0 spiro atoms. The molecule has 4 heterocycles. The van der Waals surface area contributed by atoms with E-state index >= 15 is 0 Å². The number of carbonyl (C=O) groups is 2. The largest absolute Gasteiger partial charge is 0.382 e. The normalized spacial score (nSPS) is 24.2. The van der Waals surface area contributed by atoms with Gasteiger partial charge in [0.2, 0.25) is 5.91 Å². The van der Waals surface area contributed by atoms with Crippen molar-refractivity contribution in [2.45, 2.75) is 56.9 Å². The highest BCUT2D eigenvalue weighted by Gasteiger charge is 2.58. The number of carbonyl (C=O) groups excluding carboxylic acids is 2. The first-order chi connectivity index (χ1) is 19.7. The van der Waals surface area contributed by atoms with Crippen molar-refractivity contribution < 1.29 is 14.3 Å². The number of nitrogen functional groups attached to an aromatic ring is 1. The molecule has 210 valence electrons. The first-order valence-corrected chi connectivity index (χ1v) is 14.1. The van der Waals surface area contributed by atoms with E-state index in [0.717, 1.165) is 60.3 Å². The average Bonchev–Trinajstić information content (AvgIpc) is 3.63. The van der Waals surface area contributed by atoms with Crippen LogP contribution in [0.4, 0.5) is 11.6 Å². The van der Waals surface area contributed by atoms with Gasteiger partial charge in [0.25, 0.3) is 5.91 Å². The number of pyridine rings is 1. The van der Waals surface area contributed by atoms with E-state index in [-0.39, 0.29) is 22.8 Å². The van der Waals surface area contributed by atoms with Crippen LogP contribution in [-0.4, -0.2) is 49.9 Å². The number of anilines is 2. The zero-order valence-corrected chi connectivity index (χ0v) is 23.2. The van der Waals surface area contributed by atoms with E-state index < -0.39 is 5.41 Å². The van der Waals surface area contributed by atoms with E-state index in [9.17, 15) is 9.59 Å². The molecule has 41 heavy (non-hydrogen) atoms. The van der Waals surface area contributed by atoms with Crippen LogP contribution < -0.4 is 16.4 Å². The van der Waals surface area contributed by atoms with Crippen LogP contribution in [0.3, 0.4) is 0 Å². The maximum absolute atomic E-state index is 13.1. The molecule has 3 aromatic heterocycles. The molecule has 1 aromatic carbocycles. The van der Waals surface area contributed by atoms with Crippen molar-refractivity contribution in [1.82, 2.24) is 24.7 Å². The number of rotatable bonds is 6. The van der Waals surface area contributed by atoms with Crippen LogP contribution in [0.5, 0.6) is 0 Å². The molecule has 3 aliphatic rings. The standard InChI is InChI=1S/C31H33N7O3/c1-19-7-12-33-22(15-19)35-26(39)21-5-3-20(4-6-21)23-24-25(32)34-13-14-38(24)27(36-23)30-8-10-31(16-30,11-9-30)37-28(40)29(2)17-41-18-29/h3-7,12-15H,8-11,16-18H2,1-2H3,(H2,32,34)(H,37,40)(H,33,35,39). The number of hydrogen-bond acceptors (Lipinski definition) is 7. The number of hydrogen-bond donors (Lipinski definition) is 3. The highest BCUT2D eigenvalue weighted by atomic mass is 16.5. The third kappa shape index (κ3) is 4.16. The molecule has 0 radical (unpaired) electrons. The molecule has 1 saturated heterocycles. The van der Waals surface area contributed by atoms with Gasteiger partial charge < -0.3 is 21.1 Å². The Morgan fingerprint density at radius 3 is 2.46 bits per heavy atom. The zero-order chi connectivity index (χ0) is 28.4. The van der Waals surface area contributed by atoms with E-state index in [0.29, 0.717) is 30.4 Å². The summed E-state index contributed by atoms with van der Waals surface area (Å²) in [6.07, 6.45) is 9.85. The van der Waals surface area contributed by atoms with Crippen LogP contribution in [0.2, 0.25) is 0 Å². The molecule has 4 aromatic rings. The van der Waals surface area contributed by atoms with Gasteiger partial charge >= 0.3 is 0 Å². The Hall–Kier alpha value is -4.31. The molecule has 4 N–H and O–H groups in total. The van der Waals surface area contributed by atoms with Crippen LogP contribution in [0, 0.1) is 12.3 Å². The molecule has 2 bridgehead atoms. The van der Waals surface area contributed by atoms with Gasteiger partial charge in [0.1, 0.15) is 28.7 Å². The quantitative estimate of drug-likeness (QED) is 0.329. The van der Waals surface area contributed by atoms with Crippen molar-refractivity contribution >= 4 is 29.0 Å². The highest BCUT2D eigenvalue weighted by Crippen LogP contribution is 2.58. The minimum Gasteiger partial charge on any atom is -0.382 e. The number of nitrogens with one attached hydrogen (secondary N) is 2. The smallest absolute Gasteiger partial charge is 0.256 e. The molecular weight excluding hydrogens is 518 g/mol. The summed E-state index contributed by atoms with van der Waals surface area (Å²) in [5.41, 5.74) is 9.48. The van der Waals surface area contributed by atoms with E-state index in [1.165, 1.54) is 0 Å². The topological polar surface area (TPSA) is 137 Å². The average molecular weight is 552 g/mol. The third-order valence-corrected chi connectivity index (χ3v) is 9.24. The SMILES string of the molecule is Cc1ccnc(NC(=O)c2ccc(-c3nc(C45CCC(NC(=O)C6(C)COC6)(CC4)C5)n4ccnc(N)c34)cc2)c1. The third-order valence-electron chi connectivity index (χ3n) is 9.24. The fourth-order valence-corrected chi connectivity index (χ4v) is 6.82. The van der Waals surface area contributed by atoms with Crippen molar-refractivity contribution in [2.24, 2.45) is 5.41 Å². The number of amides is 2. The molecule has 3 fully saturated rings. The number of fused-ring (bicyclic) bond motifs is 3. The fraction of sp³-hybridized carbons (Fsp3) is 0.387. The first-order valence-electron chi connectivity index (χ1n) is 14.1. The van der Waals surface area contributed by atoms with Gasteiger partial charge in [-0.25, -0.2) is 15.0 Å². The van der Waals surface area contributed by atoms with Crippen molar-refractivity contribution in [3.63, 3.8) is 0 Å². The second-order valence-electron chi connectivity index (χ2n) is 12.3. The van der Waals surface area contributed by atoms with Gasteiger partial charge in [0.15, 0.2) is 0 Å². The Bertz CT molecular complexity index is 1680. The van der Waals surface area contributed by atoms with Gasteiger partial charge in [0.05, 0.1) is 18.6 Å². The summed E-state index contributed by atoms with van der Waals surface area (Å²) < 4.78 is 7.40. The lowest BCUT2D eigenvalue weighted by molar-refractivity contribution is -0.159. The molecule has 10 nitrogen and oxygen atoms in total. The Kier molecular flexibility index (Phi) is 5.69. The summed E-state index contributed by atoms with van der Waals surface area (Å²) in [6.45, 7) is 4.87. The Balaban J connectivity index is 1.19. The number of aromatic nitrogens is 4. The second kappa shape index (κ2) is 9.10. The van der Waals surface area contributed by atoms with Crippen LogP contribution in [0.1, 0.15) is 60.8 Å². The molecule has 0 unspecified atom stereocenters. The highest BCUT2D eigenvalue weighted by molar-refractivity contribution is 6.04. The van der Waals surface area contributed by atoms with Gasteiger partial charge in [0, 0.05) is 40.7 Å². The molecule has 10 heteroatoms. The fourth-order valence-electron chi connectivity index (χ4n) is 6.82. The van der Waals surface area contributed by atoms with Gasteiger partial charge in [-0.1, -0.05) is 12.1 Å². The van der Waals surface area contributed by atoms with Crippen LogP contribution in [-0.2, 0) is 14.9 Å². The number of nitrogens with two attached hydrogens (primary N) is 1. The van der Waals surface area contributed by atoms with Gasteiger partial charge in [-0.2, -0.15) is 0 Å². The summed E-state index contributed by atoms with van der Waals surface area (Å²) in [5.74, 6) is 1.72. The summed E-state index contributed by atoms with van der Waals surface area (Å²) in [4.78, 5) is 39.7. The van der Waals surface area contributed by atoms with Crippen molar-refractivity contribution in [1.29, 1.82) is 0 Å². The lowest BCUT2D eigenvalue weighted by Gasteiger charge is -2.40. The van der Waals surface area contributed by atoms with Gasteiger partial charge in [-0.15, -0.1) is 0 Å². The van der Waals surface area contributed by atoms with Crippen molar-refractivity contribution in [3.8, 4) is 11.3 Å². The lowest BCUT2D eigenvalue weighted by Crippen LogP contribution is -2.57. The number of benzene rings is 1. The van der Waals surface area contributed by atoms with Crippen LogP contribution in [0.25, 0.3) is 16.8 Å². The molecule has 7 rings (SSSR count). The minimum atomic E-state index is -0.435. The molecule has 2 amide bonds. The zero-order valence-electron chi connectivity index (χ0n) is 23.2. The monoisotopic (exact) mass is 551 g/mol. The Morgan fingerprint density at radius 2 is 1.78 bits per heavy atom. The number of imidazole rings is 1. The van der Waals surface area contributed by atoms with E-state index in [1.807, 2.05) is 44.3 Å². The van der Waals surface area contributed by atoms with Gasteiger partial charge in [-0.3, -0.25) is 14.0 Å². The Labute approximate surface area is 237 Å². The van der Waals surface area contributed by atoms with Crippen molar-refractivity contribution in [2.75, 3.05) is 24.3 Å². The Morgan fingerprint density at radius 1 is 1.02 bits per heavy atom. The van der Waals surface area contributed by atoms with E-state index in [1.54, 1.807) is 24.5 Å². The second-order valence-corrected chi connectivity index (χ2v) is 12.3. The maximum Gasteiger partial charge on any atom is 0.256 e. The number of nitrogens with zero attached hydrogens (tertiary/aromatic N) is 4. The van der Waals surface area contributed by atoms with Gasteiger partial charge in [-0.05, 0) is 75.8 Å². The van der Waals surface area contributed by atoms with E-state index in [2.05, 4.69) is 25.0 Å². The summed E-state index contributed by atoms with van der Waals surface area (Å²) in [7, 11) is 0. The van der Waals surface area contributed by atoms with E-state index in [4.69, 9.17) is 15.5 Å². The van der Waals surface area contributed by atoms with Crippen molar-refractivity contribution in [3.05, 3.63) is 71.9 Å². The number of aryl methyl sites for hydroxylation is 1. The first kappa shape index (κ1) is 25.6. The molecule has 2 saturated carbocycles. The maximum atomic E-state index is 13.1. The van der Waals surface area contributed by atoms with Crippen LogP contribution in [0.15, 0.2) is 55.0 Å². The molecule has 1 aliphatic heterocycles. The summed E-state index contributed by atoms with van der Waals surface area (Å²) in [5, 5.41) is 6.27. The number of ether oxygens (including phenoxy) is 1. The summed E-state index contributed by atoms with van der Waals surface area (Å²) in [6, 6.07) is 11.1. The summed E-state index contributed by atoms with van der Waals surface area (Å²) >= 11 is 0. The minimum absolute atomic E-state index is 0.0888. The lowest BCUT2D eigenvalue weighted by atomic mass is 9.82.